The van der Waals surface area contributed by atoms with Crippen molar-refractivity contribution in [2.24, 2.45) is 18.7 Å². The first-order valence-corrected chi connectivity index (χ1v) is 8.16. The highest BCUT2D eigenvalue weighted by Gasteiger charge is 2.20. The van der Waals surface area contributed by atoms with Crippen molar-refractivity contribution in [2.45, 2.75) is 32.7 Å². The van der Waals surface area contributed by atoms with Crippen LogP contribution in [0.3, 0.4) is 0 Å². The molecule has 1 aliphatic rings. The van der Waals surface area contributed by atoms with E-state index in [4.69, 9.17) is 5.73 Å². The van der Waals surface area contributed by atoms with Crippen molar-refractivity contribution in [3.63, 3.8) is 0 Å². The smallest absolute Gasteiger partial charge is 0.0483 e. The van der Waals surface area contributed by atoms with E-state index < -0.39 is 0 Å². The van der Waals surface area contributed by atoms with Gasteiger partial charge in [0.15, 0.2) is 0 Å². The van der Waals surface area contributed by atoms with Gasteiger partial charge in [-0.2, -0.15) is 0 Å². The maximum Gasteiger partial charge on any atom is 0.0483 e. The second-order valence-electron chi connectivity index (χ2n) is 6.44. The molecule has 1 fully saturated rings. The summed E-state index contributed by atoms with van der Waals surface area (Å²) >= 11 is 0. The number of para-hydroxylation sites is 1. The highest BCUT2D eigenvalue weighted by Crippen LogP contribution is 2.27. The Labute approximate surface area is 127 Å². The van der Waals surface area contributed by atoms with Gasteiger partial charge in [-0.1, -0.05) is 18.2 Å². The molecule has 0 amide bonds. The van der Waals surface area contributed by atoms with E-state index in [-0.39, 0.29) is 0 Å². The van der Waals surface area contributed by atoms with E-state index in [1.54, 1.807) is 0 Å². The van der Waals surface area contributed by atoms with Crippen molar-refractivity contribution in [1.82, 2.24) is 9.47 Å². The van der Waals surface area contributed by atoms with Gasteiger partial charge in [0, 0.05) is 30.2 Å². The summed E-state index contributed by atoms with van der Waals surface area (Å²) in [6.45, 7) is 6.61. The number of hydrogen-bond donors (Lipinski definition) is 1. The normalized spacial score (nSPS) is 17.7. The van der Waals surface area contributed by atoms with Crippen molar-refractivity contribution >= 4 is 10.9 Å². The molecule has 1 aliphatic heterocycles. The first-order chi connectivity index (χ1) is 10.2. The van der Waals surface area contributed by atoms with E-state index in [2.05, 4.69) is 47.7 Å². The van der Waals surface area contributed by atoms with Crippen LogP contribution in [0.5, 0.6) is 0 Å². The minimum Gasteiger partial charge on any atom is -0.346 e. The van der Waals surface area contributed by atoms with Crippen LogP contribution in [0, 0.1) is 12.8 Å². The monoisotopic (exact) mass is 285 g/mol. The van der Waals surface area contributed by atoms with Crippen molar-refractivity contribution in [2.75, 3.05) is 19.6 Å². The van der Waals surface area contributed by atoms with E-state index in [0.717, 1.165) is 19.0 Å². The summed E-state index contributed by atoms with van der Waals surface area (Å²) < 4.78 is 2.37. The van der Waals surface area contributed by atoms with E-state index in [1.165, 1.54) is 54.5 Å². The van der Waals surface area contributed by atoms with Crippen molar-refractivity contribution < 1.29 is 0 Å². The lowest BCUT2D eigenvalue weighted by molar-refractivity contribution is 0.170. The van der Waals surface area contributed by atoms with Gasteiger partial charge in [0.05, 0.1) is 0 Å². The summed E-state index contributed by atoms with van der Waals surface area (Å²) in [7, 11) is 2.20. The molecule has 0 spiro atoms. The summed E-state index contributed by atoms with van der Waals surface area (Å²) in [4.78, 5) is 2.61. The van der Waals surface area contributed by atoms with E-state index in [0.29, 0.717) is 0 Å². The van der Waals surface area contributed by atoms with Crippen LogP contribution in [0.4, 0.5) is 0 Å². The summed E-state index contributed by atoms with van der Waals surface area (Å²) in [5.74, 6) is 0.847. The fourth-order valence-electron chi connectivity index (χ4n) is 3.74. The number of benzene rings is 1. The van der Waals surface area contributed by atoms with Crippen LogP contribution in [-0.4, -0.2) is 29.1 Å². The van der Waals surface area contributed by atoms with Crippen LogP contribution in [0.1, 0.15) is 30.5 Å². The van der Waals surface area contributed by atoms with Crippen LogP contribution in [0.15, 0.2) is 24.3 Å². The third-order valence-corrected chi connectivity index (χ3v) is 5.16. The zero-order valence-corrected chi connectivity index (χ0v) is 13.3. The number of aryl methyl sites for hydroxylation is 2. The first-order valence-electron chi connectivity index (χ1n) is 8.16. The minimum atomic E-state index is 0.840. The standard InChI is InChI=1S/C18H27N3/c1-14-16-5-3-4-6-17(16)20(2)18(14)13-21-11-8-15(7-10-19)9-12-21/h3-6,15H,7-13,19H2,1-2H3. The second kappa shape index (κ2) is 6.20. The lowest BCUT2D eigenvalue weighted by atomic mass is 9.93. The van der Waals surface area contributed by atoms with Gasteiger partial charge in [-0.15, -0.1) is 0 Å². The number of rotatable bonds is 4. The lowest BCUT2D eigenvalue weighted by Crippen LogP contribution is -2.34. The Morgan fingerprint density at radius 2 is 1.90 bits per heavy atom. The third-order valence-electron chi connectivity index (χ3n) is 5.16. The van der Waals surface area contributed by atoms with Gasteiger partial charge in [-0.05, 0) is 63.4 Å². The molecule has 1 aromatic carbocycles. The fourth-order valence-corrected chi connectivity index (χ4v) is 3.74. The third kappa shape index (κ3) is 2.85. The summed E-state index contributed by atoms with van der Waals surface area (Å²) in [5.41, 5.74) is 9.94. The van der Waals surface area contributed by atoms with Crippen molar-refractivity contribution in [3.8, 4) is 0 Å². The molecule has 0 saturated carbocycles. The van der Waals surface area contributed by atoms with Gasteiger partial charge in [-0.25, -0.2) is 0 Å². The average Bonchev–Trinajstić information content (AvgIpc) is 2.75. The molecule has 2 N–H and O–H groups in total. The van der Waals surface area contributed by atoms with Gasteiger partial charge in [0.1, 0.15) is 0 Å². The lowest BCUT2D eigenvalue weighted by Gasteiger charge is -2.32. The molecule has 1 saturated heterocycles. The van der Waals surface area contributed by atoms with Gasteiger partial charge < -0.3 is 10.3 Å². The Morgan fingerprint density at radius 1 is 1.19 bits per heavy atom. The van der Waals surface area contributed by atoms with Crippen LogP contribution >= 0.6 is 0 Å². The quantitative estimate of drug-likeness (QED) is 0.937. The molecule has 2 heterocycles. The molecule has 114 valence electrons. The molecule has 21 heavy (non-hydrogen) atoms. The Kier molecular flexibility index (Phi) is 4.32. The number of likely N-dealkylation sites (tertiary alicyclic amines) is 1. The molecule has 3 rings (SSSR count). The van der Waals surface area contributed by atoms with Crippen molar-refractivity contribution in [1.29, 1.82) is 0 Å². The Hall–Kier alpha value is -1.32. The average molecular weight is 285 g/mol. The second-order valence-corrected chi connectivity index (χ2v) is 6.44. The zero-order valence-electron chi connectivity index (χ0n) is 13.3. The SMILES string of the molecule is Cc1c(CN2CCC(CCN)CC2)n(C)c2ccccc12. The fraction of sp³-hybridized carbons (Fsp3) is 0.556. The highest BCUT2D eigenvalue weighted by molar-refractivity contribution is 5.85. The molecule has 0 atom stereocenters. The van der Waals surface area contributed by atoms with Crippen LogP contribution in [-0.2, 0) is 13.6 Å². The molecule has 0 bridgehead atoms. The van der Waals surface area contributed by atoms with Crippen LogP contribution < -0.4 is 5.73 Å². The molecule has 0 unspecified atom stereocenters. The molecule has 3 nitrogen and oxygen atoms in total. The molecule has 3 heteroatoms. The first kappa shape index (κ1) is 14.6. The maximum atomic E-state index is 5.68. The van der Waals surface area contributed by atoms with Gasteiger partial charge >= 0.3 is 0 Å². The van der Waals surface area contributed by atoms with Gasteiger partial charge in [0.2, 0.25) is 0 Å². The topological polar surface area (TPSA) is 34.2 Å². The molecular weight excluding hydrogens is 258 g/mol. The Morgan fingerprint density at radius 3 is 2.57 bits per heavy atom. The van der Waals surface area contributed by atoms with E-state index in [9.17, 15) is 0 Å². The maximum absolute atomic E-state index is 5.68. The van der Waals surface area contributed by atoms with Crippen LogP contribution in [0.25, 0.3) is 10.9 Å². The van der Waals surface area contributed by atoms with E-state index >= 15 is 0 Å². The van der Waals surface area contributed by atoms with Crippen LogP contribution in [0.2, 0.25) is 0 Å². The largest absolute Gasteiger partial charge is 0.346 e. The summed E-state index contributed by atoms with van der Waals surface area (Å²) in [5, 5.41) is 1.40. The number of nitrogens with two attached hydrogens (primary N) is 1. The molecule has 0 aliphatic carbocycles. The van der Waals surface area contributed by atoms with E-state index in [1.807, 2.05) is 0 Å². The zero-order chi connectivity index (χ0) is 14.8. The predicted octanol–water partition coefficient (Wildman–Crippen LogP) is 3.05. The Bertz CT molecular complexity index is 567. The molecular formula is C18H27N3. The molecule has 2 aromatic rings. The number of fused-ring (bicyclic) bond motifs is 1. The Balaban J connectivity index is 1.74. The number of nitrogens with zero attached hydrogens (tertiary/aromatic N) is 2. The molecule has 0 radical (unpaired) electrons. The number of piperidine rings is 1. The number of hydrogen-bond acceptors (Lipinski definition) is 2. The minimum absolute atomic E-state index is 0.840. The predicted molar refractivity (Wildman–Crippen MR) is 89.3 cm³/mol. The highest BCUT2D eigenvalue weighted by atomic mass is 15.1. The van der Waals surface area contributed by atoms with Gasteiger partial charge in [-0.3, -0.25) is 4.90 Å². The van der Waals surface area contributed by atoms with Crippen molar-refractivity contribution in [3.05, 3.63) is 35.5 Å². The molecule has 1 aromatic heterocycles. The van der Waals surface area contributed by atoms with Gasteiger partial charge in [0.25, 0.3) is 0 Å². The number of aromatic nitrogens is 1. The summed E-state index contributed by atoms with van der Waals surface area (Å²) in [6, 6.07) is 8.72. The summed E-state index contributed by atoms with van der Waals surface area (Å²) in [6.07, 6.45) is 3.81.